The highest BCUT2D eigenvalue weighted by Crippen LogP contribution is 2.48. The third kappa shape index (κ3) is 3.46. The molecule has 1 nitrogen and oxygen atoms in total. The van der Waals surface area contributed by atoms with Gasteiger partial charge in [-0.15, -0.1) is 0 Å². The summed E-state index contributed by atoms with van der Waals surface area (Å²) in [4.78, 5) is 0. The number of nitrogens with two attached hydrogens (primary N) is 1. The Morgan fingerprint density at radius 3 is 1.59 bits per heavy atom. The molecule has 104 valence electrons. The van der Waals surface area contributed by atoms with Gasteiger partial charge in [0.15, 0.2) is 0 Å². The molecule has 8 heteroatoms. The van der Waals surface area contributed by atoms with Gasteiger partial charge in [-0.25, -0.2) is 0 Å². The van der Waals surface area contributed by atoms with Crippen molar-refractivity contribution < 1.29 is 30.7 Å². The first-order valence-corrected chi connectivity index (χ1v) is 4.92. The molecule has 0 aromatic rings. The van der Waals surface area contributed by atoms with E-state index in [9.17, 15) is 30.7 Å². The van der Waals surface area contributed by atoms with Crippen LogP contribution in [0, 0.1) is 5.92 Å². The molecule has 0 bridgehead atoms. The minimum atomic E-state index is -6.31. The Morgan fingerprint density at radius 2 is 1.29 bits per heavy atom. The van der Waals surface area contributed by atoms with Gasteiger partial charge in [-0.2, -0.15) is 30.7 Å². The van der Waals surface area contributed by atoms with Gasteiger partial charge in [0, 0.05) is 0 Å². The van der Waals surface area contributed by atoms with Gasteiger partial charge in [0.2, 0.25) is 0 Å². The van der Waals surface area contributed by atoms with Gasteiger partial charge < -0.3 is 5.73 Å². The molecule has 0 fully saturated rings. The summed E-state index contributed by atoms with van der Waals surface area (Å²) in [6, 6.07) is -2.53. The molecular formula is C9H14F7N. The van der Waals surface area contributed by atoms with Crippen molar-refractivity contribution in [2.75, 3.05) is 0 Å². The van der Waals surface area contributed by atoms with Gasteiger partial charge in [0.05, 0.1) is 6.04 Å². The van der Waals surface area contributed by atoms with E-state index >= 15 is 0 Å². The Bertz CT molecular complexity index is 246. The van der Waals surface area contributed by atoms with Gasteiger partial charge in [0.1, 0.15) is 0 Å². The number of hydrogen-bond acceptors (Lipinski definition) is 1. The minimum Gasteiger partial charge on any atom is -0.322 e. The SMILES string of the molecule is CC(C)CC[C@@H](N)C(F)(F)C(F)(F)C(F)(F)F. The molecule has 0 rings (SSSR count). The van der Waals surface area contributed by atoms with Crippen LogP contribution in [0.1, 0.15) is 26.7 Å². The van der Waals surface area contributed by atoms with Crippen molar-refractivity contribution in [3.8, 4) is 0 Å². The fraction of sp³-hybridized carbons (Fsp3) is 1.00. The van der Waals surface area contributed by atoms with E-state index in [0.29, 0.717) is 0 Å². The van der Waals surface area contributed by atoms with E-state index < -0.39 is 30.5 Å². The third-order valence-corrected chi connectivity index (χ3v) is 2.30. The quantitative estimate of drug-likeness (QED) is 0.758. The molecule has 0 unspecified atom stereocenters. The predicted molar refractivity (Wildman–Crippen MR) is 48.0 cm³/mol. The van der Waals surface area contributed by atoms with Gasteiger partial charge in [-0.3, -0.25) is 0 Å². The van der Waals surface area contributed by atoms with Crippen LogP contribution in [-0.4, -0.2) is 24.1 Å². The van der Waals surface area contributed by atoms with Crippen LogP contribution < -0.4 is 5.73 Å². The largest absolute Gasteiger partial charge is 0.459 e. The van der Waals surface area contributed by atoms with E-state index in [4.69, 9.17) is 5.73 Å². The lowest BCUT2D eigenvalue weighted by atomic mass is 9.95. The van der Waals surface area contributed by atoms with Crippen LogP contribution in [-0.2, 0) is 0 Å². The number of rotatable bonds is 5. The summed E-state index contributed by atoms with van der Waals surface area (Å²) in [5.41, 5.74) is 4.75. The Balaban J connectivity index is 4.87. The van der Waals surface area contributed by atoms with Crippen molar-refractivity contribution in [2.45, 2.75) is 50.8 Å². The summed E-state index contributed by atoms with van der Waals surface area (Å²) in [6.45, 7) is 3.24. The smallest absolute Gasteiger partial charge is 0.322 e. The first-order chi connectivity index (χ1) is 7.34. The molecule has 0 aromatic carbocycles. The molecule has 17 heavy (non-hydrogen) atoms. The topological polar surface area (TPSA) is 26.0 Å². The summed E-state index contributed by atoms with van der Waals surface area (Å²) in [5.74, 6) is -11.5. The first-order valence-electron chi connectivity index (χ1n) is 4.92. The zero-order valence-electron chi connectivity index (χ0n) is 9.29. The second-order valence-corrected chi connectivity index (χ2v) is 4.27. The van der Waals surface area contributed by atoms with Crippen molar-refractivity contribution in [3.05, 3.63) is 0 Å². The summed E-state index contributed by atoms with van der Waals surface area (Å²) in [7, 11) is 0. The van der Waals surface area contributed by atoms with Crippen molar-refractivity contribution in [1.29, 1.82) is 0 Å². The monoisotopic (exact) mass is 269 g/mol. The third-order valence-electron chi connectivity index (χ3n) is 2.30. The highest BCUT2D eigenvalue weighted by atomic mass is 19.4. The van der Waals surface area contributed by atoms with E-state index in [0.717, 1.165) is 0 Å². The van der Waals surface area contributed by atoms with E-state index in [2.05, 4.69) is 0 Å². The molecule has 0 amide bonds. The molecule has 0 aliphatic heterocycles. The van der Waals surface area contributed by atoms with Gasteiger partial charge in [0.25, 0.3) is 0 Å². The number of halogens is 7. The van der Waals surface area contributed by atoms with Crippen molar-refractivity contribution >= 4 is 0 Å². The Kier molecular flexibility index (Phi) is 4.84. The molecule has 0 heterocycles. The molecule has 0 saturated carbocycles. The van der Waals surface area contributed by atoms with Gasteiger partial charge in [-0.05, 0) is 18.8 Å². The van der Waals surface area contributed by atoms with E-state index in [-0.39, 0.29) is 12.3 Å². The molecule has 0 aliphatic carbocycles. The second-order valence-electron chi connectivity index (χ2n) is 4.27. The standard InChI is InChI=1S/C9H14F7N/c1-5(2)3-4-6(17)7(10,11)8(12,13)9(14,15)16/h5-6H,3-4,17H2,1-2H3/t6-/m1/s1. The second kappa shape index (κ2) is 4.99. The maximum Gasteiger partial charge on any atom is 0.459 e. The van der Waals surface area contributed by atoms with E-state index in [1.807, 2.05) is 0 Å². The maximum atomic E-state index is 12.9. The lowest BCUT2D eigenvalue weighted by molar-refractivity contribution is -0.358. The summed E-state index contributed by atoms with van der Waals surface area (Å²) in [5, 5.41) is 0. The Morgan fingerprint density at radius 1 is 0.882 bits per heavy atom. The van der Waals surface area contributed by atoms with Gasteiger partial charge >= 0.3 is 18.0 Å². The number of alkyl halides is 7. The normalized spacial score (nSPS) is 16.4. The van der Waals surface area contributed by atoms with Crippen molar-refractivity contribution in [1.82, 2.24) is 0 Å². The average Bonchev–Trinajstić information content (AvgIpc) is 2.11. The zero-order chi connectivity index (χ0) is 14.1. The maximum absolute atomic E-state index is 12.9. The Hall–Kier alpha value is -0.530. The van der Waals surface area contributed by atoms with Crippen molar-refractivity contribution in [3.63, 3.8) is 0 Å². The van der Waals surface area contributed by atoms with Gasteiger partial charge in [-0.1, -0.05) is 13.8 Å². The molecule has 0 aliphatic rings. The fourth-order valence-corrected chi connectivity index (χ4v) is 1.12. The van der Waals surface area contributed by atoms with E-state index in [1.165, 1.54) is 0 Å². The lowest BCUT2D eigenvalue weighted by Crippen LogP contribution is -2.60. The predicted octanol–water partition coefficient (Wildman–Crippen LogP) is 3.58. The highest BCUT2D eigenvalue weighted by Gasteiger charge is 2.74. The van der Waals surface area contributed by atoms with Crippen LogP contribution in [0.25, 0.3) is 0 Å². The summed E-state index contributed by atoms with van der Waals surface area (Å²) >= 11 is 0. The first kappa shape index (κ1) is 16.5. The van der Waals surface area contributed by atoms with Crippen LogP contribution in [0.4, 0.5) is 30.7 Å². The molecule has 1 atom stereocenters. The molecule has 0 radical (unpaired) electrons. The van der Waals surface area contributed by atoms with Crippen molar-refractivity contribution in [2.24, 2.45) is 11.7 Å². The highest BCUT2D eigenvalue weighted by molar-refractivity contribution is 4.97. The zero-order valence-corrected chi connectivity index (χ0v) is 9.29. The summed E-state index contributed by atoms with van der Waals surface area (Å²) < 4.78 is 86.4. The molecule has 2 N–H and O–H groups in total. The Labute approximate surface area is 94.2 Å². The molecule has 0 spiro atoms. The van der Waals surface area contributed by atoms with Crippen LogP contribution in [0.3, 0.4) is 0 Å². The van der Waals surface area contributed by atoms with Crippen LogP contribution >= 0.6 is 0 Å². The fourth-order valence-electron chi connectivity index (χ4n) is 1.12. The molecule has 0 saturated heterocycles. The summed E-state index contributed by atoms with van der Waals surface area (Å²) in [6.07, 6.45) is -6.87. The van der Waals surface area contributed by atoms with Crippen LogP contribution in [0.15, 0.2) is 0 Å². The van der Waals surface area contributed by atoms with Crippen LogP contribution in [0.5, 0.6) is 0 Å². The molecular weight excluding hydrogens is 255 g/mol. The lowest BCUT2D eigenvalue weighted by Gasteiger charge is -2.32. The molecule has 0 aromatic heterocycles. The van der Waals surface area contributed by atoms with E-state index in [1.54, 1.807) is 13.8 Å². The number of hydrogen-bond donors (Lipinski definition) is 1. The van der Waals surface area contributed by atoms with Crippen LogP contribution in [0.2, 0.25) is 0 Å². The minimum absolute atomic E-state index is 0.0463. The average molecular weight is 269 g/mol.